The summed E-state index contributed by atoms with van der Waals surface area (Å²) in [5, 5.41) is 14.3. The lowest BCUT2D eigenvalue weighted by Crippen LogP contribution is -1.98. The lowest BCUT2D eigenvalue weighted by molar-refractivity contribution is -0.384. The molecule has 2 rings (SSSR count). The summed E-state index contributed by atoms with van der Waals surface area (Å²) >= 11 is 0. The van der Waals surface area contributed by atoms with E-state index >= 15 is 0 Å². The van der Waals surface area contributed by atoms with Crippen LogP contribution in [0.1, 0.15) is 25.0 Å². The van der Waals surface area contributed by atoms with Crippen molar-refractivity contribution in [1.82, 2.24) is 0 Å². The van der Waals surface area contributed by atoms with E-state index in [9.17, 15) is 10.1 Å². The maximum absolute atomic E-state index is 10.4. The van der Waals surface area contributed by atoms with E-state index in [0.717, 1.165) is 17.7 Å². The van der Waals surface area contributed by atoms with Gasteiger partial charge in [0.15, 0.2) is 6.10 Å². The number of nitrogens with zero attached hydrogens (tertiary/aromatic N) is 2. The third kappa shape index (κ3) is 1.96. The van der Waals surface area contributed by atoms with E-state index in [2.05, 4.69) is 5.16 Å². The van der Waals surface area contributed by atoms with Crippen molar-refractivity contribution in [3.63, 3.8) is 0 Å². The number of benzene rings is 1. The van der Waals surface area contributed by atoms with Gasteiger partial charge in [0.25, 0.3) is 5.69 Å². The van der Waals surface area contributed by atoms with Crippen molar-refractivity contribution in [1.29, 1.82) is 0 Å². The molecule has 78 valence electrons. The molecule has 15 heavy (non-hydrogen) atoms. The first-order valence-electron chi connectivity index (χ1n) is 4.60. The van der Waals surface area contributed by atoms with Crippen LogP contribution >= 0.6 is 0 Å². The van der Waals surface area contributed by atoms with E-state index in [1.165, 1.54) is 12.1 Å². The Hall–Kier alpha value is -1.91. The molecule has 1 aromatic carbocycles. The van der Waals surface area contributed by atoms with Crippen LogP contribution in [0.3, 0.4) is 0 Å². The van der Waals surface area contributed by atoms with Gasteiger partial charge in [0.1, 0.15) is 0 Å². The van der Waals surface area contributed by atoms with Gasteiger partial charge in [-0.1, -0.05) is 5.16 Å². The second-order valence-electron chi connectivity index (χ2n) is 3.47. The molecular weight excluding hydrogens is 196 g/mol. The van der Waals surface area contributed by atoms with E-state index in [1.807, 2.05) is 6.92 Å². The molecule has 0 fully saturated rings. The lowest BCUT2D eigenvalue weighted by atomic mass is 10.1. The molecule has 0 amide bonds. The number of non-ortho nitro benzene ring substituents is 1. The van der Waals surface area contributed by atoms with Gasteiger partial charge in [-0.25, -0.2) is 0 Å². The summed E-state index contributed by atoms with van der Waals surface area (Å²) in [5.41, 5.74) is 1.95. The van der Waals surface area contributed by atoms with E-state index < -0.39 is 4.92 Å². The highest BCUT2D eigenvalue weighted by atomic mass is 16.6. The van der Waals surface area contributed by atoms with Crippen molar-refractivity contribution >= 4 is 11.4 Å². The number of hydrogen-bond acceptors (Lipinski definition) is 4. The summed E-state index contributed by atoms with van der Waals surface area (Å²) < 4.78 is 0. The Morgan fingerprint density at radius 1 is 1.47 bits per heavy atom. The van der Waals surface area contributed by atoms with Gasteiger partial charge < -0.3 is 4.84 Å². The highest BCUT2D eigenvalue weighted by Crippen LogP contribution is 2.28. The number of rotatable bonds is 2. The van der Waals surface area contributed by atoms with Crippen molar-refractivity contribution in [2.75, 3.05) is 0 Å². The SMILES string of the molecule is CC1=NOC(c2ccc([N+](=O)[O-])cc2)C1. The number of oxime groups is 1. The Labute approximate surface area is 86.5 Å². The molecule has 0 bridgehead atoms. The molecule has 1 aromatic rings. The van der Waals surface area contributed by atoms with Crippen LogP contribution in [0, 0.1) is 10.1 Å². The zero-order chi connectivity index (χ0) is 10.8. The predicted molar refractivity (Wildman–Crippen MR) is 54.6 cm³/mol. The fourth-order valence-electron chi connectivity index (χ4n) is 1.49. The standard InChI is InChI=1S/C10H10N2O3/c1-7-6-10(15-11-7)8-2-4-9(5-3-8)12(13)14/h2-5,10H,6H2,1H3. The van der Waals surface area contributed by atoms with Crippen LogP contribution in [-0.2, 0) is 4.84 Å². The Morgan fingerprint density at radius 3 is 2.60 bits per heavy atom. The Bertz CT molecular complexity index is 411. The average molecular weight is 206 g/mol. The van der Waals surface area contributed by atoms with Gasteiger partial charge in [0.2, 0.25) is 0 Å². The van der Waals surface area contributed by atoms with Crippen molar-refractivity contribution in [3.8, 4) is 0 Å². The quantitative estimate of drug-likeness (QED) is 0.551. The van der Waals surface area contributed by atoms with Gasteiger partial charge in [-0.2, -0.15) is 0 Å². The van der Waals surface area contributed by atoms with Crippen LogP contribution in [0.2, 0.25) is 0 Å². The maximum atomic E-state index is 10.4. The third-order valence-electron chi connectivity index (χ3n) is 2.29. The largest absolute Gasteiger partial charge is 0.387 e. The first-order valence-corrected chi connectivity index (χ1v) is 4.60. The van der Waals surface area contributed by atoms with Crippen molar-refractivity contribution < 1.29 is 9.76 Å². The minimum absolute atomic E-state index is 0.0918. The van der Waals surface area contributed by atoms with Crippen LogP contribution in [-0.4, -0.2) is 10.6 Å². The molecule has 0 saturated carbocycles. The van der Waals surface area contributed by atoms with Crippen LogP contribution < -0.4 is 0 Å². The fourth-order valence-corrected chi connectivity index (χ4v) is 1.49. The first kappa shape index (κ1) is 9.64. The fraction of sp³-hybridized carbons (Fsp3) is 0.300. The summed E-state index contributed by atoms with van der Waals surface area (Å²) in [6, 6.07) is 6.37. The summed E-state index contributed by atoms with van der Waals surface area (Å²) in [7, 11) is 0. The van der Waals surface area contributed by atoms with Crippen molar-refractivity contribution in [3.05, 3.63) is 39.9 Å². The van der Waals surface area contributed by atoms with E-state index in [4.69, 9.17) is 4.84 Å². The predicted octanol–water partition coefficient (Wildman–Crippen LogP) is 2.43. The minimum Gasteiger partial charge on any atom is -0.387 e. The summed E-state index contributed by atoms with van der Waals surface area (Å²) in [4.78, 5) is 15.2. The number of nitro benzene ring substituents is 1. The normalized spacial score (nSPS) is 19.5. The molecule has 0 radical (unpaired) electrons. The molecule has 0 saturated heterocycles. The van der Waals surface area contributed by atoms with Crippen LogP contribution in [0.4, 0.5) is 5.69 Å². The topological polar surface area (TPSA) is 64.7 Å². The molecule has 0 N–H and O–H groups in total. The summed E-state index contributed by atoms with van der Waals surface area (Å²) in [6.07, 6.45) is 0.656. The van der Waals surface area contributed by atoms with Crippen LogP contribution in [0.15, 0.2) is 29.4 Å². The Kier molecular flexibility index (Phi) is 2.37. The lowest BCUT2D eigenvalue weighted by Gasteiger charge is -2.07. The van der Waals surface area contributed by atoms with E-state index in [1.54, 1.807) is 12.1 Å². The Balaban J connectivity index is 2.14. The summed E-state index contributed by atoms with van der Waals surface area (Å²) in [5.74, 6) is 0. The zero-order valence-corrected chi connectivity index (χ0v) is 8.21. The molecule has 1 aliphatic heterocycles. The second-order valence-corrected chi connectivity index (χ2v) is 3.47. The maximum Gasteiger partial charge on any atom is 0.269 e. The minimum atomic E-state index is -0.416. The van der Waals surface area contributed by atoms with Crippen LogP contribution in [0.5, 0.6) is 0 Å². The molecule has 1 unspecified atom stereocenters. The van der Waals surface area contributed by atoms with Crippen molar-refractivity contribution in [2.24, 2.45) is 5.16 Å². The zero-order valence-electron chi connectivity index (χ0n) is 8.21. The summed E-state index contributed by atoms with van der Waals surface area (Å²) in [6.45, 7) is 1.89. The number of nitro groups is 1. The molecular formula is C10H10N2O3. The monoisotopic (exact) mass is 206 g/mol. The molecule has 1 heterocycles. The molecule has 5 heteroatoms. The average Bonchev–Trinajstić information content (AvgIpc) is 2.65. The molecule has 1 aliphatic rings. The van der Waals surface area contributed by atoms with Gasteiger partial charge in [-0.15, -0.1) is 0 Å². The van der Waals surface area contributed by atoms with E-state index in [-0.39, 0.29) is 11.8 Å². The smallest absolute Gasteiger partial charge is 0.269 e. The van der Waals surface area contributed by atoms with Gasteiger partial charge >= 0.3 is 0 Å². The van der Waals surface area contributed by atoms with Gasteiger partial charge in [-0.05, 0) is 24.6 Å². The molecule has 5 nitrogen and oxygen atoms in total. The molecule has 0 aromatic heterocycles. The van der Waals surface area contributed by atoms with Gasteiger partial charge in [-0.3, -0.25) is 10.1 Å². The van der Waals surface area contributed by atoms with Gasteiger partial charge in [0, 0.05) is 18.6 Å². The highest BCUT2D eigenvalue weighted by molar-refractivity contribution is 5.83. The molecule has 1 atom stereocenters. The third-order valence-corrected chi connectivity index (χ3v) is 2.29. The van der Waals surface area contributed by atoms with Gasteiger partial charge in [0.05, 0.1) is 10.6 Å². The Morgan fingerprint density at radius 2 is 2.13 bits per heavy atom. The molecule has 0 spiro atoms. The highest BCUT2D eigenvalue weighted by Gasteiger charge is 2.20. The van der Waals surface area contributed by atoms with Crippen LogP contribution in [0.25, 0.3) is 0 Å². The van der Waals surface area contributed by atoms with E-state index in [0.29, 0.717) is 0 Å². The van der Waals surface area contributed by atoms with Crippen molar-refractivity contribution in [2.45, 2.75) is 19.4 Å². The first-order chi connectivity index (χ1) is 7.16. The molecule has 0 aliphatic carbocycles. The second kappa shape index (κ2) is 3.68. The number of hydrogen-bond donors (Lipinski definition) is 0.